The summed E-state index contributed by atoms with van der Waals surface area (Å²) in [4.78, 5) is 12.8. The highest BCUT2D eigenvalue weighted by Crippen LogP contribution is 2.25. The fraction of sp³-hybridized carbons (Fsp3) is 0.611. The van der Waals surface area contributed by atoms with Gasteiger partial charge in [0.05, 0.1) is 17.6 Å². The number of benzene rings is 1. The quantitative estimate of drug-likeness (QED) is 0.705. The van der Waals surface area contributed by atoms with Crippen molar-refractivity contribution in [3.8, 4) is 5.75 Å². The van der Waals surface area contributed by atoms with E-state index in [0.29, 0.717) is 18.8 Å². The van der Waals surface area contributed by atoms with Crippen molar-refractivity contribution >= 4 is 28.3 Å². The molecule has 1 saturated carbocycles. The van der Waals surface area contributed by atoms with Crippen LogP contribution in [0, 0.1) is 0 Å². The summed E-state index contributed by atoms with van der Waals surface area (Å²) in [5.41, 5.74) is 6.13. The van der Waals surface area contributed by atoms with Crippen LogP contribution in [0.1, 0.15) is 49.9 Å². The third kappa shape index (κ3) is 5.57. The van der Waals surface area contributed by atoms with Crippen molar-refractivity contribution in [2.75, 3.05) is 20.2 Å². The van der Waals surface area contributed by atoms with Gasteiger partial charge in [-0.15, -0.1) is 12.4 Å². The zero-order valence-electron chi connectivity index (χ0n) is 16.1. The number of ether oxygens (including phenoxy) is 1. The second-order valence-electron chi connectivity index (χ2n) is 6.54. The summed E-state index contributed by atoms with van der Waals surface area (Å²) in [5.74, 6) is 0.0347. The molecular weight excluding hydrogens is 390 g/mol. The molecule has 1 fully saturated rings. The summed E-state index contributed by atoms with van der Waals surface area (Å²) in [6.07, 6.45) is 3.40. The highest BCUT2D eigenvalue weighted by atomic mass is 35.5. The van der Waals surface area contributed by atoms with Gasteiger partial charge in [-0.1, -0.05) is 13.8 Å². The summed E-state index contributed by atoms with van der Waals surface area (Å²) >= 11 is 0. The van der Waals surface area contributed by atoms with E-state index < -0.39 is 10.0 Å². The molecule has 0 aliphatic heterocycles. The van der Waals surface area contributed by atoms with Gasteiger partial charge in [-0.05, 0) is 43.9 Å². The van der Waals surface area contributed by atoms with Crippen LogP contribution in [0.25, 0.3) is 0 Å². The Bertz CT molecular complexity index is 730. The van der Waals surface area contributed by atoms with E-state index in [4.69, 9.17) is 10.5 Å². The average Bonchev–Trinajstić information content (AvgIpc) is 2.63. The number of methoxy groups -OCH3 is 1. The van der Waals surface area contributed by atoms with E-state index in [-0.39, 0.29) is 40.9 Å². The minimum absolute atomic E-state index is 0. The van der Waals surface area contributed by atoms with E-state index in [1.54, 1.807) is 13.8 Å². The van der Waals surface area contributed by atoms with E-state index in [9.17, 15) is 13.2 Å². The molecule has 0 unspecified atom stereocenters. The molecule has 154 valence electrons. The van der Waals surface area contributed by atoms with Crippen molar-refractivity contribution in [3.63, 3.8) is 0 Å². The van der Waals surface area contributed by atoms with E-state index in [1.807, 2.05) is 0 Å². The number of nitrogens with zero attached hydrogens (tertiary/aromatic N) is 1. The first kappa shape index (κ1) is 23.7. The number of carbonyl (C=O) groups is 1. The fourth-order valence-corrected chi connectivity index (χ4v) is 4.75. The van der Waals surface area contributed by atoms with Gasteiger partial charge in [0.25, 0.3) is 5.91 Å². The van der Waals surface area contributed by atoms with Crippen LogP contribution < -0.4 is 15.8 Å². The Morgan fingerprint density at radius 1 is 1.22 bits per heavy atom. The van der Waals surface area contributed by atoms with Gasteiger partial charge in [-0.25, -0.2) is 8.42 Å². The Balaban J connectivity index is 0.00000364. The first-order valence-electron chi connectivity index (χ1n) is 9.08. The van der Waals surface area contributed by atoms with Gasteiger partial charge in [-0.2, -0.15) is 4.31 Å². The molecule has 7 nitrogen and oxygen atoms in total. The minimum Gasteiger partial charge on any atom is -0.496 e. The molecule has 2 rings (SSSR count). The lowest BCUT2D eigenvalue weighted by atomic mass is 9.91. The predicted molar refractivity (Wildman–Crippen MR) is 108 cm³/mol. The third-order valence-corrected chi connectivity index (χ3v) is 6.91. The number of hydrogen-bond donors (Lipinski definition) is 2. The zero-order chi connectivity index (χ0) is 19.3. The summed E-state index contributed by atoms with van der Waals surface area (Å²) in [6.45, 7) is 4.31. The van der Waals surface area contributed by atoms with Gasteiger partial charge in [0.15, 0.2) is 0 Å². The normalized spacial score (nSPS) is 20.0. The highest BCUT2D eigenvalue weighted by molar-refractivity contribution is 7.89. The van der Waals surface area contributed by atoms with Crippen LogP contribution >= 0.6 is 12.4 Å². The molecule has 0 bridgehead atoms. The number of amides is 1. The zero-order valence-corrected chi connectivity index (χ0v) is 17.7. The molecule has 27 heavy (non-hydrogen) atoms. The second kappa shape index (κ2) is 10.3. The first-order chi connectivity index (χ1) is 12.3. The lowest BCUT2D eigenvalue weighted by molar-refractivity contribution is 0.0922. The van der Waals surface area contributed by atoms with Crippen molar-refractivity contribution in [1.82, 2.24) is 9.62 Å². The van der Waals surface area contributed by atoms with Crippen LogP contribution in [0.4, 0.5) is 0 Å². The molecule has 0 radical (unpaired) electrons. The monoisotopic (exact) mass is 419 g/mol. The number of nitrogens with two attached hydrogens (primary N) is 1. The van der Waals surface area contributed by atoms with Crippen molar-refractivity contribution in [2.24, 2.45) is 5.73 Å². The number of carbonyl (C=O) groups excluding carboxylic acids is 1. The van der Waals surface area contributed by atoms with Crippen LogP contribution in [0.2, 0.25) is 0 Å². The van der Waals surface area contributed by atoms with Crippen molar-refractivity contribution < 1.29 is 17.9 Å². The van der Waals surface area contributed by atoms with E-state index in [0.717, 1.165) is 25.7 Å². The van der Waals surface area contributed by atoms with E-state index in [2.05, 4.69) is 5.32 Å². The van der Waals surface area contributed by atoms with Crippen LogP contribution in [-0.4, -0.2) is 50.9 Å². The van der Waals surface area contributed by atoms with Crippen molar-refractivity contribution in [2.45, 2.75) is 56.5 Å². The molecule has 1 amide bonds. The standard InChI is InChI=1S/C18H29N3O4S.ClH/c1-4-21(5-2)26(23,24)15-10-11-17(25-3)16(12-15)18(22)20-14-8-6-13(19)7-9-14;/h10-14H,4-9,19H2,1-3H3,(H,20,22);1H. The molecule has 0 atom stereocenters. The molecule has 0 heterocycles. The van der Waals surface area contributed by atoms with Crippen LogP contribution in [-0.2, 0) is 10.0 Å². The number of sulfonamides is 1. The SMILES string of the molecule is CCN(CC)S(=O)(=O)c1ccc(OC)c(C(=O)NC2CCC(N)CC2)c1.Cl. The highest BCUT2D eigenvalue weighted by Gasteiger charge is 2.26. The molecule has 9 heteroatoms. The van der Waals surface area contributed by atoms with Gasteiger partial charge in [0.2, 0.25) is 10.0 Å². The number of halogens is 1. The Morgan fingerprint density at radius 2 is 1.81 bits per heavy atom. The molecule has 1 aromatic carbocycles. The van der Waals surface area contributed by atoms with E-state index >= 15 is 0 Å². The number of rotatable bonds is 7. The van der Waals surface area contributed by atoms with Crippen molar-refractivity contribution in [1.29, 1.82) is 0 Å². The van der Waals surface area contributed by atoms with Crippen LogP contribution in [0.3, 0.4) is 0 Å². The summed E-state index contributed by atoms with van der Waals surface area (Å²) in [6, 6.07) is 4.65. The third-order valence-electron chi connectivity index (χ3n) is 4.87. The van der Waals surface area contributed by atoms with Crippen LogP contribution in [0.5, 0.6) is 5.75 Å². The lowest BCUT2D eigenvalue weighted by Gasteiger charge is -2.27. The Morgan fingerprint density at radius 3 is 2.33 bits per heavy atom. The van der Waals surface area contributed by atoms with E-state index in [1.165, 1.54) is 29.6 Å². The Hall–Kier alpha value is -1.35. The smallest absolute Gasteiger partial charge is 0.255 e. The van der Waals surface area contributed by atoms with Gasteiger partial charge in [-0.3, -0.25) is 4.79 Å². The second-order valence-corrected chi connectivity index (χ2v) is 8.47. The average molecular weight is 420 g/mol. The maximum atomic E-state index is 12.7. The number of nitrogens with one attached hydrogen (secondary N) is 1. The predicted octanol–water partition coefficient (Wildman–Crippen LogP) is 2.15. The molecular formula is C18H30ClN3O4S. The first-order valence-corrected chi connectivity index (χ1v) is 10.5. The minimum atomic E-state index is -3.64. The molecule has 0 saturated heterocycles. The maximum Gasteiger partial charge on any atom is 0.255 e. The lowest BCUT2D eigenvalue weighted by Crippen LogP contribution is -2.40. The summed E-state index contributed by atoms with van der Waals surface area (Å²) in [7, 11) is -2.18. The molecule has 1 aliphatic carbocycles. The van der Waals surface area contributed by atoms with Gasteiger partial charge in [0.1, 0.15) is 5.75 Å². The summed E-state index contributed by atoms with van der Waals surface area (Å²) in [5, 5.41) is 2.98. The largest absolute Gasteiger partial charge is 0.496 e. The van der Waals surface area contributed by atoms with Gasteiger partial charge in [0, 0.05) is 25.2 Å². The molecule has 0 spiro atoms. The topological polar surface area (TPSA) is 102 Å². The van der Waals surface area contributed by atoms with Gasteiger partial charge >= 0.3 is 0 Å². The Kier molecular flexibility index (Phi) is 9.01. The van der Waals surface area contributed by atoms with Gasteiger partial charge < -0.3 is 15.8 Å². The fourth-order valence-electron chi connectivity index (χ4n) is 3.26. The maximum absolute atomic E-state index is 12.7. The molecule has 0 aromatic heterocycles. The molecule has 1 aromatic rings. The van der Waals surface area contributed by atoms with Crippen molar-refractivity contribution in [3.05, 3.63) is 23.8 Å². The Labute approximate surface area is 168 Å². The summed E-state index contributed by atoms with van der Waals surface area (Å²) < 4.78 is 32.1. The molecule has 1 aliphatic rings. The number of hydrogen-bond acceptors (Lipinski definition) is 5. The van der Waals surface area contributed by atoms with Crippen LogP contribution in [0.15, 0.2) is 23.1 Å². The molecule has 3 N–H and O–H groups in total.